The van der Waals surface area contributed by atoms with Crippen LogP contribution in [0.2, 0.25) is 0 Å². The molecule has 0 fully saturated rings. The first-order valence-corrected chi connectivity index (χ1v) is 6.13. The molecule has 0 amide bonds. The predicted octanol–water partition coefficient (Wildman–Crippen LogP) is 3.66. The molecule has 0 spiro atoms. The molecule has 2 aromatic carbocycles. The van der Waals surface area contributed by atoms with Crippen LogP contribution in [-0.4, -0.2) is 5.11 Å². The van der Waals surface area contributed by atoms with E-state index in [9.17, 15) is 18.3 Å². The Hall–Kier alpha value is -2.01. The number of phenolic OH excluding ortho intramolecular Hbond substituents is 1. The number of halogens is 3. The van der Waals surface area contributed by atoms with Crippen molar-refractivity contribution in [3.8, 4) is 5.75 Å². The van der Waals surface area contributed by atoms with Gasteiger partial charge in [-0.15, -0.1) is 0 Å². The van der Waals surface area contributed by atoms with E-state index < -0.39 is 17.5 Å². The quantitative estimate of drug-likeness (QED) is 0.896. The molecule has 2 nitrogen and oxygen atoms in total. The van der Waals surface area contributed by atoms with Gasteiger partial charge in [-0.1, -0.05) is 6.07 Å². The second-order valence-corrected chi connectivity index (χ2v) is 4.55. The Bertz CT molecular complexity index is 616. The molecule has 1 unspecified atom stereocenters. The third kappa shape index (κ3) is 3.30. The summed E-state index contributed by atoms with van der Waals surface area (Å²) in [6, 6.07) is 7.03. The molecule has 2 N–H and O–H groups in total. The number of rotatable bonds is 4. The van der Waals surface area contributed by atoms with Gasteiger partial charge >= 0.3 is 0 Å². The van der Waals surface area contributed by atoms with E-state index in [0.717, 1.165) is 18.2 Å². The maximum Gasteiger partial charge on any atom is 0.159 e. The van der Waals surface area contributed by atoms with Crippen LogP contribution in [0.1, 0.15) is 24.1 Å². The van der Waals surface area contributed by atoms with E-state index in [1.54, 1.807) is 6.92 Å². The van der Waals surface area contributed by atoms with Crippen molar-refractivity contribution in [2.75, 3.05) is 0 Å². The molecule has 106 valence electrons. The van der Waals surface area contributed by atoms with Crippen LogP contribution >= 0.6 is 0 Å². The smallest absolute Gasteiger partial charge is 0.159 e. The second-order valence-electron chi connectivity index (χ2n) is 4.55. The number of hydrogen-bond donors (Lipinski definition) is 2. The molecule has 0 radical (unpaired) electrons. The lowest BCUT2D eigenvalue weighted by molar-refractivity contribution is 0.456. The average molecular weight is 281 g/mol. The van der Waals surface area contributed by atoms with Gasteiger partial charge in [-0.05, 0) is 42.8 Å². The third-order valence-electron chi connectivity index (χ3n) is 3.08. The summed E-state index contributed by atoms with van der Waals surface area (Å²) < 4.78 is 39.0. The Kier molecular flexibility index (Phi) is 4.29. The zero-order chi connectivity index (χ0) is 14.7. The molecule has 0 aliphatic rings. The van der Waals surface area contributed by atoms with Crippen molar-refractivity contribution in [3.63, 3.8) is 0 Å². The van der Waals surface area contributed by atoms with Crippen molar-refractivity contribution in [1.82, 2.24) is 5.32 Å². The Balaban J connectivity index is 2.06. The first-order valence-electron chi connectivity index (χ1n) is 6.13. The van der Waals surface area contributed by atoms with Gasteiger partial charge in [0.1, 0.15) is 11.6 Å². The molecule has 0 aliphatic carbocycles. The number of benzene rings is 2. The monoisotopic (exact) mass is 281 g/mol. The van der Waals surface area contributed by atoms with Gasteiger partial charge in [0.2, 0.25) is 0 Å². The van der Waals surface area contributed by atoms with Crippen LogP contribution in [0.5, 0.6) is 5.75 Å². The van der Waals surface area contributed by atoms with E-state index in [1.165, 1.54) is 18.2 Å². The molecule has 0 aromatic heterocycles. The Morgan fingerprint density at radius 2 is 1.80 bits per heavy atom. The molecule has 2 aromatic rings. The van der Waals surface area contributed by atoms with Gasteiger partial charge in [0.15, 0.2) is 11.6 Å². The van der Waals surface area contributed by atoms with Crippen LogP contribution in [0.15, 0.2) is 36.4 Å². The van der Waals surface area contributed by atoms with Crippen molar-refractivity contribution >= 4 is 0 Å². The van der Waals surface area contributed by atoms with Crippen LogP contribution < -0.4 is 5.32 Å². The maximum absolute atomic E-state index is 13.1. The summed E-state index contributed by atoms with van der Waals surface area (Å²) in [7, 11) is 0. The highest BCUT2D eigenvalue weighted by Gasteiger charge is 2.10. The van der Waals surface area contributed by atoms with Crippen LogP contribution in [-0.2, 0) is 6.54 Å². The van der Waals surface area contributed by atoms with Gasteiger partial charge in [0.05, 0.1) is 0 Å². The highest BCUT2D eigenvalue weighted by atomic mass is 19.2. The van der Waals surface area contributed by atoms with Crippen molar-refractivity contribution < 1.29 is 18.3 Å². The van der Waals surface area contributed by atoms with Crippen LogP contribution in [0, 0.1) is 17.5 Å². The lowest BCUT2D eigenvalue weighted by Crippen LogP contribution is -2.18. The lowest BCUT2D eigenvalue weighted by atomic mass is 10.1. The highest BCUT2D eigenvalue weighted by Crippen LogP contribution is 2.20. The topological polar surface area (TPSA) is 32.3 Å². The van der Waals surface area contributed by atoms with Crippen molar-refractivity contribution in [2.45, 2.75) is 19.5 Å². The second kappa shape index (κ2) is 5.96. The van der Waals surface area contributed by atoms with Crippen molar-refractivity contribution in [3.05, 3.63) is 65.0 Å². The summed E-state index contributed by atoms with van der Waals surface area (Å²) in [6.07, 6.45) is 0. The summed E-state index contributed by atoms with van der Waals surface area (Å²) in [5.41, 5.74) is 0.972. The number of phenols is 1. The van der Waals surface area contributed by atoms with Crippen LogP contribution in [0.3, 0.4) is 0 Å². The molecule has 0 bridgehead atoms. The first-order chi connectivity index (χ1) is 9.47. The minimum atomic E-state index is -0.912. The zero-order valence-corrected chi connectivity index (χ0v) is 10.8. The zero-order valence-electron chi connectivity index (χ0n) is 10.8. The molecule has 0 heterocycles. The predicted molar refractivity (Wildman–Crippen MR) is 69.7 cm³/mol. The van der Waals surface area contributed by atoms with E-state index in [-0.39, 0.29) is 18.3 Å². The highest BCUT2D eigenvalue weighted by molar-refractivity contribution is 5.32. The molecule has 0 saturated heterocycles. The summed E-state index contributed by atoms with van der Waals surface area (Å²) in [6.45, 7) is 1.98. The molecule has 0 saturated carbocycles. The van der Waals surface area contributed by atoms with Gasteiger partial charge in [-0.2, -0.15) is 0 Å². The summed E-state index contributed by atoms with van der Waals surface area (Å²) in [5, 5.41) is 12.6. The number of aromatic hydroxyl groups is 1. The lowest BCUT2D eigenvalue weighted by Gasteiger charge is -2.15. The first kappa shape index (κ1) is 14.4. The minimum Gasteiger partial charge on any atom is -0.508 e. The van der Waals surface area contributed by atoms with E-state index >= 15 is 0 Å². The van der Waals surface area contributed by atoms with E-state index in [1.807, 2.05) is 0 Å². The Morgan fingerprint density at radius 3 is 2.50 bits per heavy atom. The van der Waals surface area contributed by atoms with E-state index in [0.29, 0.717) is 11.1 Å². The molecular formula is C15H14F3NO. The van der Waals surface area contributed by atoms with Crippen LogP contribution in [0.4, 0.5) is 13.2 Å². The van der Waals surface area contributed by atoms with Gasteiger partial charge in [-0.25, -0.2) is 13.2 Å². The standard InChI is InChI=1S/C15H14F3NO/c1-9(10-2-4-13(17)14(18)7-10)19-8-11-6-12(16)3-5-15(11)20/h2-7,9,19-20H,8H2,1H3. The largest absolute Gasteiger partial charge is 0.508 e. The number of nitrogens with one attached hydrogen (secondary N) is 1. The molecule has 0 aliphatic heterocycles. The third-order valence-corrected chi connectivity index (χ3v) is 3.08. The molecule has 1 atom stereocenters. The van der Waals surface area contributed by atoms with E-state index in [4.69, 9.17) is 0 Å². The minimum absolute atomic E-state index is 0.0172. The molecule has 2 rings (SSSR count). The fourth-order valence-electron chi connectivity index (χ4n) is 1.86. The number of hydrogen-bond acceptors (Lipinski definition) is 2. The van der Waals surface area contributed by atoms with E-state index in [2.05, 4.69) is 5.32 Å². The van der Waals surface area contributed by atoms with Gasteiger partial charge in [-0.3, -0.25) is 0 Å². The fraction of sp³-hybridized carbons (Fsp3) is 0.200. The molecular weight excluding hydrogens is 267 g/mol. The van der Waals surface area contributed by atoms with Gasteiger partial charge in [0, 0.05) is 18.2 Å². The molecule has 20 heavy (non-hydrogen) atoms. The summed E-state index contributed by atoms with van der Waals surface area (Å²) in [5.74, 6) is -2.27. The fourth-order valence-corrected chi connectivity index (χ4v) is 1.86. The van der Waals surface area contributed by atoms with Crippen molar-refractivity contribution in [1.29, 1.82) is 0 Å². The normalized spacial score (nSPS) is 12.4. The van der Waals surface area contributed by atoms with Gasteiger partial charge in [0.25, 0.3) is 0 Å². The Labute approximate surface area is 114 Å². The average Bonchev–Trinajstić information content (AvgIpc) is 2.42. The summed E-state index contributed by atoms with van der Waals surface area (Å²) in [4.78, 5) is 0. The summed E-state index contributed by atoms with van der Waals surface area (Å²) >= 11 is 0. The molecule has 5 heteroatoms. The maximum atomic E-state index is 13.1. The van der Waals surface area contributed by atoms with Gasteiger partial charge < -0.3 is 10.4 Å². The SMILES string of the molecule is CC(NCc1cc(F)ccc1O)c1ccc(F)c(F)c1. The Morgan fingerprint density at radius 1 is 1.05 bits per heavy atom. The van der Waals surface area contributed by atoms with Crippen molar-refractivity contribution in [2.24, 2.45) is 0 Å². The van der Waals surface area contributed by atoms with Crippen LogP contribution in [0.25, 0.3) is 0 Å².